The van der Waals surface area contributed by atoms with Crippen LogP contribution in [0.5, 0.6) is 11.5 Å². The van der Waals surface area contributed by atoms with E-state index in [1.54, 1.807) is 14.2 Å². The van der Waals surface area contributed by atoms with Crippen LogP contribution in [0, 0.1) is 0 Å². The first-order valence-electron chi connectivity index (χ1n) is 7.16. The van der Waals surface area contributed by atoms with Crippen molar-refractivity contribution >= 4 is 23.1 Å². The summed E-state index contributed by atoms with van der Waals surface area (Å²) >= 11 is 0. The molecule has 1 heterocycles. The second-order valence-electron chi connectivity index (χ2n) is 5.22. The van der Waals surface area contributed by atoms with Crippen molar-refractivity contribution in [3.05, 3.63) is 59.8 Å². The quantitative estimate of drug-likeness (QED) is 0.667. The maximum atomic E-state index is 5.30. The first-order valence-corrected chi connectivity index (χ1v) is 7.16. The smallest absolute Gasteiger partial charge is 0.123 e. The van der Waals surface area contributed by atoms with Crippen LogP contribution in [0.1, 0.15) is 11.1 Å². The van der Waals surface area contributed by atoms with Crippen LogP contribution >= 0.6 is 0 Å². The Hall–Kier alpha value is -2.68. The Bertz CT molecular complexity index is 808. The minimum Gasteiger partial charge on any atom is -0.497 e. The first kappa shape index (κ1) is 14.3. The maximum Gasteiger partial charge on any atom is 0.123 e. The van der Waals surface area contributed by atoms with Gasteiger partial charge >= 0.3 is 0 Å². The average Bonchev–Trinajstić information content (AvgIpc) is 2.93. The molecule has 0 spiro atoms. The molecule has 0 aliphatic carbocycles. The van der Waals surface area contributed by atoms with Gasteiger partial charge in [-0.3, -0.25) is 0 Å². The summed E-state index contributed by atoms with van der Waals surface area (Å²) in [6.07, 6.45) is 6.24. The number of fused-ring (bicyclic) bond motifs is 1. The third-order valence-corrected chi connectivity index (χ3v) is 3.75. The Morgan fingerprint density at radius 2 is 1.50 bits per heavy atom. The molecule has 0 aliphatic rings. The minimum absolute atomic E-state index is 0.789. The maximum absolute atomic E-state index is 5.30. The third-order valence-electron chi connectivity index (χ3n) is 3.75. The van der Waals surface area contributed by atoms with Gasteiger partial charge in [-0.15, -0.1) is 0 Å². The Labute approximate surface area is 130 Å². The molecule has 0 radical (unpaired) electrons. The van der Waals surface area contributed by atoms with Crippen LogP contribution in [-0.2, 0) is 7.05 Å². The van der Waals surface area contributed by atoms with E-state index in [4.69, 9.17) is 9.47 Å². The zero-order valence-corrected chi connectivity index (χ0v) is 13.0. The van der Waals surface area contributed by atoms with Gasteiger partial charge in [0.05, 0.1) is 14.2 Å². The number of hydrogen-bond acceptors (Lipinski definition) is 2. The highest BCUT2D eigenvalue weighted by Gasteiger charge is 2.00. The molecule has 3 rings (SSSR count). The summed E-state index contributed by atoms with van der Waals surface area (Å²) in [4.78, 5) is 0. The van der Waals surface area contributed by atoms with Crippen LogP contribution < -0.4 is 9.47 Å². The van der Waals surface area contributed by atoms with Gasteiger partial charge in [-0.1, -0.05) is 24.3 Å². The fraction of sp³-hybridized carbons (Fsp3) is 0.158. The third kappa shape index (κ3) is 2.84. The van der Waals surface area contributed by atoms with Crippen molar-refractivity contribution in [2.45, 2.75) is 0 Å². The van der Waals surface area contributed by atoms with Gasteiger partial charge in [0, 0.05) is 24.8 Å². The van der Waals surface area contributed by atoms with Crippen LogP contribution in [0.15, 0.2) is 48.7 Å². The zero-order chi connectivity index (χ0) is 15.5. The monoisotopic (exact) mass is 293 g/mol. The van der Waals surface area contributed by atoms with E-state index in [9.17, 15) is 0 Å². The largest absolute Gasteiger partial charge is 0.497 e. The summed E-state index contributed by atoms with van der Waals surface area (Å²) in [7, 11) is 5.37. The van der Waals surface area contributed by atoms with Gasteiger partial charge in [-0.05, 0) is 40.8 Å². The lowest BCUT2D eigenvalue weighted by molar-refractivity contribution is 0.394. The Morgan fingerprint density at radius 3 is 2.18 bits per heavy atom. The second kappa shape index (κ2) is 5.98. The topological polar surface area (TPSA) is 23.4 Å². The summed E-state index contributed by atoms with van der Waals surface area (Å²) in [6.45, 7) is 0. The average molecular weight is 293 g/mol. The minimum atomic E-state index is 0.789. The Kier molecular flexibility index (Phi) is 3.88. The van der Waals surface area contributed by atoms with Gasteiger partial charge in [-0.2, -0.15) is 0 Å². The number of methoxy groups -OCH3 is 2. The number of nitrogens with zero attached hydrogens (tertiary/aromatic N) is 1. The summed E-state index contributed by atoms with van der Waals surface area (Å²) in [6, 6.07) is 14.4. The van der Waals surface area contributed by atoms with E-state index >= 15 is 0 Å². The molecular formula is C19H19NO2. The van der Waals surface area contributed by atoms with Crippen molar-refractivity contribution in [1.82, 2.24) is 4.57 Å². The molecule has 112 valence electrons. The van der Waals surface area contributed by atoms with E-state index in [0.717, 1.165) is 22.6 Å². The molecule has 0 unspecified atom stereocenters. The molecule has 0 N–H and O–H groups in total. The van der Waals surface area contributed by atoms with Crippen molar-refractivity contribution in [2.24, 2.45) is 7.05 Å². The molecule has 22 heavy (non-hydrogen) atoms. The van der Waals surface area contributed by atoms with Crippen molar-refractivity contribution in [3.63, 3.8) is 0 Å². The molecule has 0 atom stereocenters. The molecule has 0 bridgehead atoms. The standard InChI is InChI=1S/C19H19NO2/c1-20-9-8-16-7-6-14(12-19(16)20)4-5-15-10-17(21-2)13-18(11-15)22-3/h4-13H,1-3H3/b5-4-. The van der Waals surface area contributed by atoms with Gasteiger partial charge in [-0.25, -0.2) is 0 Å². The van der Waals surface area contributed by atoms with Gasteiger partial charge in [0.1, 0.15) is 11.5 Å². The van der Waals surface area contributed by atoms with E-state index < -0.39 is 0 Å². The Morgan fingerprint density at radius 1 is 0.818 bits per heavy atom. The highest BCUT2D eigenvalue weighted by molar-refractivity contribution is 5.84. The number of aromatic nitrogens is 1. The molecule has 2 aromatic carbocycles. The zero-order valence-electron chi connectivity index (χ0n) is 13.0. The van der Waals surface area contributed by atoms with Crippen LogP contribution in [-0.4, -0.2) is 18.8 Å². The molecule has 0 amide bonds. The van der Waals surface area contributed by atoms with E-state index in [-0.39, 0.29) is 0 Å². The van der Waals surface area contributed by atoms with Crippen LogP contribution in [0.4, 0.5) is 0 Å². The summed E-state index contributed by atoms with van der Waals surface area (Å²) in [5.74, 6) is 1.58. The summed E-state index contributed by atoms with van der Waals surface area (Å²) in [5, 5.41) is 1.25. The molecule has 3 nitrogen and oxygen atoms in total. The van der Waals surface area contributed by atoms with Crippen molar-refractivity contribution in [2.75, 3.05) is 14.2 Å². The van der Waals surface area contributed by atoms with Gasteiger partial charge < -0.3 is 14.0 Å². The Balaban J connectivity index is 1.93. The van der Waals surface area contributed by atoms with Crippen molar-refractivity contribution in [3.8, 4) is 11.5 Å². The number of hydrogen-bond donors (Lipinski definition) is 0. The molecular weight excluding hydrogens is 274 g/mol. The summed E-state index contributed by atoms with van der Waals surface area (Å²) < 4.78 is 12.7. The van der Waals surface area contributed by atoms with Gasteiger partial charge in [0.2, 0.25) is 0 Å². The lowest BCUT2D eigenvalue weighted by atomic mass is 10.1. The number of aryl methyl sites for hydroxylation is 1. The molecule has 3 heteroatoms. The van der Waals surface area contributed by atoms with Crippen LogP contribution in [0.25, 0.3) is 23.1 Å². The molecule has 1 aromatic heterocycles. The molecule has 0 fully saturated rings. The van der Waals surface area contributed by atoms with E-state index in [0.29, 0.717) is 0 Å². The van der Waals surface area contributed by atoms with Gasteiger partial charge in [0.25, 0.3) is 0 Å². The fourth-order valence-corrected chi connectivity index (χ4v) is 2.50. The second-order valence-corrected chi connectivity index (χ2v) is 5.22. The number of benzene rings is 2. The molecule has 0 saturated carbocycles. The van der Waals surface area contributed by atoms with Crippen molar-refractivity contribution in [1.29, 1.82) is 0 Å². The predicted octanol–water partition coefficient (Wildman–Crippen LogP) is 4.37. The predicted molar refractivity (Wildman–Crippen MR) is 91.4 cm³/mol. The SMILES string of the molecule is COc1cc(/C=C\c2ccc3ccn(C)c3c2)cc(OC)c1. The van der Waals surface area contributed by atoms with Crippen LogP contribution in [0.3, 0.4) is 0 Å². The molecule has 0 saturated heterocycles. The van der Waals surface area contributed by atoms with E-state index in [1.807, 2.05) is 18.2 Å². The number of ether oxygens (including phenoxy) is 2. The van der Waals surface area contributed by atoms with Gasteiger partial charge in [0.15, 0.2) is 0 Å². The first-order chi connectivity index (χ1) is 10.7. The summed E-state index contributed by atoms with van der Waals surface area (Å²) in [5.41, 5.74) is 3.43. The lowest BCUT2D eigenvalue weighted by Gasteiger charge is -2.06. The van der Waals surface area contributed by atoms with E-state index in [1.165, 1.54) is 10.9 Å². The fourth-order valence-electron chi connectivity index (χ4n) is 2.50. The lowest BCUT2D eigenvalue weighted by Crippen LogP contribution is -1.88. The van der Waals surface area contributed by atoms with Crippen molar-refractivity contribution < 1.29 is 9.47 Å². The molecule has 3 aromatic rings. The van der Waals surface area contributed by atoms with Crippen LogP contribution in [0.2, 0.25) is 0 Å². The highest BCUT2D eigenvalue weighted by Crippen LogP contribution is 2.24. The highest BCUT2D eigenvalue weighted by atomic mass is 16.5. The normalized spacial score (nSPS) is 11.2. The molecule has 0 aliphatic heterocycles. The van der Waals surface area contributed by atoms with E-state index in [2.05, 4.69) is 54.2 Å². The number of rotatable bonds is 4.